The number of carbonyl (C=O) groups is 1. The molecule has 1 aromatic heterocycles. The highest BCUT2D eigenvalue weighted by atomic mass is 35.5. The van der Waals surface area contributed by atoms with Crippen LogP contribution in [-0.4, -0.2) is 28.0 Å². The molecule has 1 fully saturated rings. The van der Waals surface area contributed by atoms with Gasteiger partial charge in [0.15, 0.2) is 11.5 Å². The lowest BCUT2D eigenvalue weighted by Crippen LogP contribution is -2.33. The first kappa shape index (κ1) is 20.9. The molecule has 3 aromatic rings. The summed E-state index contributed by atoms with van der Waals surface area (Å²) < 4.78 is 0. The van der Waals surface area contributed by atoms with E-state index in [1.807, 2.05) is 18.2 Å². The Bertz CT molecular complexity index is 1100. The number of halogens is 2. The molecule has 5 nitrogen and oxygen atoms in total. The highest BCUT2D eigenvalue weighted by molar-refractivity contribution is 6.37. The fourth-order valence-corrected chi connectivity index (χ4v) is 4.48. The Morgan fingerprint density at radius 3 is 2.40 bits per heavy atom. The Morgan fingerprint density at radius 2 is 1.77 bits per heavy atom. The van der Waals surface area contributed by atoms with Gasteiger partial charge in [-0.15, -0.1) is 0 Å². The predicted octanol–water partition coefficient (Wildman–Crippen LogP) is 5.80. The zero-order valence-corrected chi connectivity index (χ0v) is 18.1. The van der Waals surface area contributed by atoms with Crippen molar-refractivity contribution >= 4 is 45.6 Å². The van der Waals surface area contributed by atoms with Gasteiger partial charge >= 0.3 is 0 Å². The maximum atomic E-state index is 12.3. The van der Waals surface area contributed by atoms with Gasteiger partial charge in [-0.25, -0.2) is 0 Å². The molecule has 4 rings (SSSR count). The average Bonchev–Trinajstić information content (AvgIpc) is 2.73. The molecule has 2 aromatic carbocycles. The first-order chi connectivity index (χ1) is 14.3. The number of rotatable bonds is 4. The molecule has 7 heteroatoms. The zero-order valence-electron chi connectivity index (χ0n) is 16.6. The van der Waals surface area contributed by atoms with Crippen LogP contribution in [-0.2, 0) is 0 Å². The number of hydrogen-bond donors (Lipinski definition) is 3. The van der Waals surface area contributed by atoms with Crippen molar-refractivity contribution in [2.45, 2.75) is 44.7 Å². The molecule has 0 spiro atoms. The van der Waals surface area contributed by atoms with Gasteiger partial charge in [0, 0.05) is 23.7 Å². The van der Waals surface area contributed by atoms with Crippen molar-refractivity contribution in [1.82, 2.24) is 4.98 Å². The van der Waals surface area contributed by atoms with Gasteiger partial charge < -0.3 is 16.2 Å². The predicted molar refractivity (Wildman–Crippen MR) is 123 cm³/mol. The number of phenols is 1. The lowest BCUT2D eigenvalue weighted by Gasteiger charge is -2.28. The molecular formula is C23H23Cl2N3O2. The molecule has 1 heterocycles. The van der Waals surface area contributed by atoms with Crippen molar-refractivity contribution in [3.63, 3.8) is 0 Å². The van der Waals surface area contributed by atoms with E-state index in [1.54, 1.807) is 25.3 Å². The van der Waals surface area contributed by atoms with Crippen LogP contribution in [0.3, 0.4) is 0 Å². The largest absolute Gasteiger partial charge is 0.505 e. The van der Waals surface area contributed by atoms with Crippen molar-refractivity contribution in [1.29, 1.82) is 0 Å². The van der Waals surface area contributed by atoms with E-state index in [1.165, 1.54) is 0 Å². The van der Waals surface area contributed by atoms with Gasteiger partial charge in [0.1, 0.15) is 0 Å². The summed E-state index contributed by atoms with van der Waals surface area (Å²) in [5.74, 6) is -0.179. The van der Waals surface area contributed by atoms with Crippen LogP contribution in [0.5, 0.6) is 5.75 Å². The van der Waals surface area contributed by atoms with Gasteiger partial charge in [-0.2, -0.15) is 0 Å². The van der Waals surface area contributed by atoms with Gasteiger partial charge in [-0.3, -0.25) is 9.78 Å². The normalized spacial score (nSPS) is 19.1. The number of hydrogen-bond acceptors (Lipinski definition) is 5. The smallest absolute Gasteiger partial charge is 0.163 e. The van der Waals surface area contributed by atoms with E-state index in [4.69, 9.17) is 28.9 Å². The fourth-order valence-electron chi connectivity index (χ4n) is 3.99. The molecule has 30 heavy (non-hydrogen) atoms. The van der Waals surface area contributed by atoms with Crippen LogP contribution in [0.4, 0.5) is 5.69 Å². The van der Waals surface area contributed by atoms with Gasteiger partial charge in [-0.05, 0) is 68.0 Å². The summed E-state index contributed by atoms with van der Waals surface area (Å²) in [6.07, 6.45) is 5.49. The number of nitrogens with two attached hydrogens (primary N) is 1. The highest BCUT2D eigenvalue weighted by Gasteiger charge is 2.22. The molecule has 0 saturated heterocycles. The first-order valence-electron chi connectivity index (χ1n) is 9.97. The van der Waals surface area contributed by atoms with Crippen molar-refractivity contribution in [3.8, 4) is 16.9 Å². The molecule has 0 radical (unpaired) electrons. The maximum Gasteiger partial charge on any atom is 0.163 e. The summed E-state index contributed by atoms with van der Waals surface area (Å²) >= 11 is 12.2. The Labute approximate surface area is 185 Å². The van der Waals surface area contributed by atoms with Crippen LogP contribution in [0.1, 0.15) is 43.0 Å². The lowest BCUT2D eigenvalue weighted by atomic mass is 9.91. The van der Waals surface area contributed by atoms with E-state index in [-0.39, 0.29) is 33.7 Å². The Morgan fingerprint density at radius 1 is 1.10 bits per heavy atom. The SMILES string of the molecule is CC(=O)c1cnc2ccc(-c3cc(Cl)c(O)c(Cl)c3)cc2c1NC1CCC(N)CC1. The Hall–Kier alpha value is -2.34. The van der Waals surface area contributed by atoms with Gasteiger partial charge in [-0.1, -0.05) is 29.3 Å². The third-order valence-electron chi connectivity index (χ3n) is 5.72. The summed E-state index contributed by atoms with van der Waals surface area (Å²) in [5, 5.41) is 14.7. The number of phenolic OH excluding ortho intramolecular Hbond substituents is 1. The first-order valence-corrected chi connectivity index (χ1v) is 10.7. The molecule has 0 bridgehead atoms. The summed E-state index contributed by atoms with van der Waals surface area (Å²) in [6.45, 7) is 1.55. The summed E-state index contributed by atoms with van der Waals surface area (Å²) in [5.41, 5.74) is 9.83. The van der Waals surface area contributed by atoms with E-state index in [2.05, 4.69) is 10.3 Å². The molecule has 0 amide bonds. The number of fused-ring (bicyclic) bond motifs is 1. The maximum absolute atomic E-state index is 12.3. The van der Waals surface area contributed by atoms with Crippen LogP contribution in [0.2, 0.25) is 10.0 Å². The third-order valence-corrected chi connectivity index (χ3v) is 6.29. The Balaban J connectivity index is 1.82. The molecule has 1 saturated carbocycles. The number of aromatic hydroxyl groups is 1. The number of Topliss-reactive ketones (excluding diaryl/α,β-unsaturated/α-hetero) is 1. The van der Waals surface area contributed by atoms with E-state index in [0.29, 0.717) is 5.56 Å². The van der Waals surface area contributed by atoms with Gasteiger partial charge in [0.05, 0.1) is 26.8 Å². The van der Waals surface area contributed by atoms with Crippen molar-refractivity contribution in [2.75, 3.05) is 5.32 Å². The molecule has 1 aliphatic carbocycles. The third kappa shape index (κ3) is 4.10. The summed E-state index contributed by atoms with van der Waals surface area (Å²) in [7, 11) is 0. The van der Waals surface area contributed by atoms with Crippen molar-refractivity contribution in [2.24, 2.45) is 5.73 Å². The summed E-state index contributed by atoms with van der Waals surface area (Å²) in [6, 6.07) is 9.65. The molecule has 0 unspecified atom stereocenters. The van der Waals surface area contributed by atoms with E-state index in [9.17, 15) is 9.90 Å². The van der Waals surface area contributed by atoms with E-state index < -0.39 is 0 Å². The average molecular weight is 444 g/mol. The number of nitrogens with zero attached hydrogens (tertiary/aromatic N) is 1. The summed E-state index contributed by atoms with van der Waals surface area (Å²) in [4.78, 5) is 16.8. The molecular weight excluding hydrogens is 421 g/mol. The minimum absolute atomic E-state index is 0.0412. The molecule has 0 atom stereocenters. The van der Waals surface area contributed by atoms with Crippen molar-refractivity contribution < 1.29 is 9.90 Å². The van der Waals surface area contributed by atoms with Gasteiger partial charge in [0.2, 0.25) is 0 Å². The highest BCUT2D eigenvalue weighted by Crippen LogP contribution is 2.38. The Kier molecular flexibility index (Phi) is 5.87. The molecule has 0 aliphatic heterocycles. The number of carbonyl (C=O) groups excluding carboxylic acids is 1. The topological polar surface area (TPSA) is 88.2 Å². The monoisotopic (exact) mass is 443 g/mol. The number of aromatic nitrogens is 1. The van der Waals surface area contributed by atoms with Crippen molar-refractivity contribution in [3.05, 3.63) is 52.1 Å². The fraction of sp³-hybridized carbons (Fsp3) is 0.304. The van der Waals surface area contributed by atoms with Crippen LogP contribution in [0.15, 0.2) is 36.5 Å². The van der Waals surface area contributed by atoms with Crippen LogP contribution < -0.4 is 11.1 Å². The van der Waals surface area contributed by atoms with E-state index >= 15 is 0 Å². The molecule has 1 aliphatic rings. The molecule has 4 N–H and O–H groups in total. The van der Waals surface area contributed by atoms with Crippen LogP contribution in [0, 0.1) is 0 Å². The minimum Gasteiger partial charge on any atom is -0.505 e. The molecule has 156 valence electrons. The second-order valence-electron chi connectivity index (χ2n) is 7.88. The second-order valence-corrected chi connectivity index (χ2v) is 8.69. The number of pyridine rings is 1. The zero-order chi connectivity index (χ0) is 21.4. The van der Waals surface area contributed by atoms with E-state index in [0.717, 1.165) is 53.4 Å². The quantitative estimate of drug-likeness (QED) is 0.443. The number of ketones is 1. The second kappa shape index (κ2) is 8.42. The van der Waals surface area contributed by atoms with Crippen LogP contribution >= 0.6 is 23.2 Å². The number of nitrogens with one attached hydrogen (secondary N) is 1. The number of anilines is 1. The van der Waals surface area contributed by atoms with Gasteiger partial charge in [0.25, 0.3) is 0 Å². The van der Waals surface area contributed by atoms with Crippen LogP contribution in [0.25, 0.3) is 22.0 Å². The standard InChI is InChI=1S/C23H23Cl2N3O2/c1-12(29)18-11-27-21-7-2-13(14-9-19(24)23(30)20(25)10-14)8-17(21)22(18)28-16-5-3-15(26)4-6-16/h2,7-11,15-16,30H,3-6,26H2,1H3,(H,27,28). The minimum atomic E-state index is -0.138. The number of benzene rings is 2. The lowest BCUT2D eigenvalue weighted by molar-refractivity contribution is 0.101.